The average Bonchev–Trinajstić information content (AvgIpc) is 3.19. The number of aliphatic hydroxyl groups is 1. The largest absolute Gasteiger partial charge is 0.390 e. The first-order valence-electron chi connectivity index (χ1n) is 12.5. The van der Waals surface area contributed by atoms with Crippen LogP contribution in [-0.2, 0) is 6.42 Å². The molecule has 2 aromatic carbocycles. The van der Waals surface area contributed by atoms with E-state index in [1.54, 1.807) is 6.92 Å². The Bertz CT molecular complexity index is 1240. The van der Waals surface area contributed by atoms with Gasteiger partial charge in [-0.15, -0.1) is 11.3 Å². The highest BCUT2D eigenvalue weighted by Crippen LogP contribution is 2.47. The summed E-state index contributed by atoms with van der Waals surface area (Å²) in [6.45, 7) is 1.17. The maximum Gasteiger partial charge on any atom is 0.283 e. The second-order valence-electron chi connectivity index (χ2n) is 10.1. The first kappa shape index (κ1) is 26.3. The topological polar surface area (TPSA) is 38.7 Å². The fourth-order valence-electron chi connectivity index (χ4n) is 5.52. The van der Waals surface area contributed by atoms with Gasteiger partial charge in [-0.05, 0) is 48.9 Å². The Balaban J connectivity index is 1.50. The number of aliphatic hydroxyl groups excluding tert-OH is 1. The van der Waals surface area contributed by atoms with Gasteiger partial charge < -0.3 is 10.4 Å². The van der Waals surface area contributed by atoms with E-state index in [0.29, 0.717) is 37.4 Å². The summed E-state index contributed by atoms with van der Waals surface area (Å²) in [6, 6.07) is 8.58. The van der Waals surface area contributed by atoms with Crippen LogP contribution in [0.1, 0.15) is 35.4 Å². The fraction of sp³-hybridized carbons (Fsp3) is 0.481. The molecule has 1 fully saturated rings. The lowest BCUT2D eigenvalue weighted by Crippen LogP contribution is -2.54. The van der Waals surface area contributed by atoms with Crippen LogP contribution in [0.5, 0.6) is 0 Å². The number of nitrogens with zero attached hydrogens (tertiary/aromatic N) is 2. The molecule has 5 rings (SSSR count). The molecule has 1 aromatic heterocycles. The first-order valence-corrected chi connectivity index (χ1v) is 13.3. The lowest BCUT2D eigenvalue weighted by Gasteiger charge is -2.42. The van der Waals surface area contributed by atoms with Gasteiger partial charge in [0.2, 0.25) is 0 Å². The van der Waals surface area contributed by atoms with Crippen molar-refractivity contribution < 1.29 is 27.1 Å². The van der Waals surface area contributed by atoms with Crippen molar-refractivity contribution in [1.82, 2.24) is 9.80 Å². The molecule has 200 valence electrons. The lowest BCUT2D eigenvalue weighted by molar-refractivity contribution is -0.0863. The number of anilines is 1. The van der Waals surface area contributed by atoms with E-state index < -0.39 is 42.8 Å². The molecule has 2 N–H and O–H groups in total. The minimum Gasteiger partial charge on any atom is -0.390 e. The molecule has 37 heavy (non-hydrogen) atoms. The molecule has 0 unspecified atom stereocenters. The average molecular weight is 540 g/mol. The summed E-state index contributed by atoms with van der Waals surface area (Å²) >= 11 is 1.36. The second-order valence-corrected chi connectivity index (χ2v) is 11.2. The molecule has 3 aromatic rings. The molecular weight excluding hydrogens is 509 g/mol. The maximum atomic E-state index is 15.7. The number of fused-ring (bicyclic) bond motifs is 3. The van der Waals surface area contributed by atoms with Crippen LogP contribution in [0.4, 0.5) is 27.6 Å². The predicted octanol–water partition coefficient (Wildman–Crippen LogP) is 5.60. The van der Waals surface area contributed by atoms with Crippen molar-refractivity contribution in [1.29, 1.82) is 0 Å². The van der Waals surface area contributed by atoms with E-state index in [9.17, 15) is 18.3 Å². The highest BCUT2D eigenvalue weighted by molar-refractivity contribution is 7.19. The van der Waals surface area contributed by atoms with E-state index in [-0.39, 0.29) is 24.0 Å². The summed E-state index contributed by atoms with van der Waals surface area (Å²) in [4.78, 5) is 4.12. The number of thiophene rings is 1. The quantitative estimate of drug-likeness (QED) is 0.348. The Morgan fingerprint density at radius 3 is 2.51 bits per heavy atom. The van der Waals surface area contributed by atoms with Gasteiger partial charge in [-0.1, -0.05) is 18.2 Å². The van der Waals surface area contributed by atoms with E-state index in [0.717, 1.165) is 15.6 Å². The molecule has 10 heteroatoms. The SMILES string of the molecule is C[C@@H]1Cc2c(sc3ccccc23)[C@@H](c2c(F)cc(NC3CN(CCCF)C3)cc2F)N1CC(F)(F)CO. The molecule has 2 aliphatic heterocycles. The van der Waals surface area contributed by atoms with Crippen LogP contribution in [0.15, 0.2) is 36.4 Å². The number of benzene rings is 2. The third-order valence-electron chi connectivity index (χ3n) is 7.31. The monoisotopic (exact) mass is 539 g/mol. The smallest absolute Gasteiger partial charge is 0.283 e. The van der Waals surface area contributed by atoms with Crippen molar-refractivity contribution in [2.75, 3.05) is 44.8 Å². The Kier molecular flexibility index (Phi) is 7.46. The number of nitrogens with one attached hydrogen (secondary N) is 1. The molecular formula is C27H30F5N3OS. The van der Waals surface area contributed by atoms with Gasteiger partial charge in [-0.3, -0.25) is 14.2 Å². The first-order chi connectivity index (χ1) is 17.7. The van der Waals surface area contributed by atoms with E-state index in [1.807, 2.05) is 24.3 Å². The van der Waals surface area contributed by atoms with E-state index >= 15 is 8.78 Å². The molecule has 1 saturated heterocycles. The van der Waals surface area contributed by atoms with Crippen LogP contribution in [-0.4, -0.2) is 72.4 Å². The van der Waals surface area contributed by atoms with Crippen LogP contribution in [0.3, 0.4) is 0 Å². The third-order valence-corrected chi connectivity index (χ3v) is 8.57. The molecule has 0 spiro atoms. The molecule has 3 heterocycles. The van der Waals surface area contributed by atoms with Crippen molar-refractivity contribution in [2.24, 2.45) is 0 Å². The number of alkyl halides is 3. The Morgan fingerprint density at radius 2 is 1.84 bits per heavy atom. The van der Waals surface area contributed by atoms with Crippen molar-refractivity contribution >= 4 is 27.1 Å². The zero-order chi connectivity index (χ0) is 26.3. The van der Waals surface area contributed by atoms with E-state index in [2.05, 4.69) is 10.2 Å². The molecule has 2 aliphatic rings. The van der Waals surface area contributed by atoms with Gasteiger partial charge in [0.15, 0.2) is 0 Å². The molecule has 2 atom stereocenters. The fourth-order valence-corrected chi connectivity index (χ4v) is 6.89. The number of halogens is 5. The minimum absolute atomic E-state index is 0.00657. The summed E-state index contributed by atoms with van der Waals surface area (Å²) < 4.78 is 73.5. The van der Waals surface area contributed by atoms with Gasteiger partial charge in [0.05, 0.1) is 25.3 Å². The van der Waals surface area contributed by atoms with E-state index in [1.165, 1.54) is 28.4 Å². The van der Waals surface area contributed by atoms with Crippen molar-refractivity contribution in [3.05, 3.63) is 64.0 Å². The summed E-state index contributed by atoms with van der Waals surface area (Å²) in [7, 11) is 0. The Morgan fingerprint density at radius 1 is 1.14 bits per heavy atom. The van der Waals surface area contributed by atoms with Crippen LogP contribution in [0, 0.1) is 11.6 Å². The van der Waals surface area contributed by atoms with Gasteiger partial charge >= 0.3 is 0 Å². The summed E-state index contributed by atoms with van der Waals surface area (Å²) in [5.41, 5.74) is 0.934. The summed E-state index contributed by atoms with van der Waals surface area (Å²) in [5.74, 6) is -5.04. The van der Waals surface area contributed by atoms with E-state index in [4.69, 9.17) is 0 Å². The minimum atomic E-state index is -3.42. The number of likely N-dealkylation sites (tertiary alicyclic amines) is 1. The summed E-state index contributed by atoms with van der Waals surface area (Å²) in [5, 5.41) is 13.3. The predicted molar refractivity (Wildman–Crippen MR) is 136 cm³/mol. The number of rotatable bonds is 9. The summed E-state index contributed by atoms with van der Waals surface area (Å²) in [6.07, 6.45) is 0.914. The zero-order valence-electron chi connectivity index (χ0n) is 20.5. The third kappa shape index (κ3) is 5.21. The zero-order valence-corrected chi connectivity index (χ0v) is 21.3. The molecule has 0 amide bonds. The van der Waals surface area contributed by atoms with Crippen LogP contribution in [0.25, 0.3) is 10.1 Å². The molecule has 0 bridgehead atoms. The van der Waals surface area contributed by atoms with Crippen molar-refractivity contribution in [2.45, 2.75) is 43.8 Å². The maximum absolute atomic E-state index is 15.7. The highest BCUT2D eigenvalue weighted by atomic mass is 32.1. The van der Waals surface area contributed by atoms with Crippen molar-refractivity contribution in [3.8, 4) is 0 Å². The Labute approximate surface area is 216 Å². The van der Waals surface area contributed by atoms with Crippen LogP contribution >= 0.6 is 11.3 Å². The number of hydrogen-bond donors (Lipinski definition) is 2. The van der Waals surface area contributed by atoms with Crippen LogP contribution < -0.4 is 5.32 Å². The van der Waals surface area contributed by atoms with Gasteiger partial charge in [-0.25, -0.2) is 17.6 Å². The molecule has 0 aliphatic carbocycles. The molecule has 0 radical (unpaired) electrons. The lowest BCUT2D eigenvalue weighted by atomic mass is 9.88. The number of hydrogen-bond acceptors (Lipinski definition) is 5. The molecule has 4 nitrogen and oxygen atoms in total. The second kappa shape index (κ2) is 10.5. The Hall–Kier alpha value is -2.27. The normalized spacial score (nSPS) is 21.3. The van der Waals surface area contributed by atoms with Gasteiger partial charge in [-0.2, -0.15) is 0 Å². The van der Waals surface area contributed by atoms with Gasteiger partial charge in [0.25, 0.3) is 5.92 Å². The van der Waals surface area contributed by atoms with Gasteiger partial charge in [0, 0.05) is 46.5 Å². The van der Waals surface area contributed by atoms with Crippen molar-refractivity contribution in [3.63, 3.8) is 0 Å². The van der Waals surface area contributed by atoms with Gasteiger partial charge in [0.1, 0.15) is 18.2 Å². The molecule has 0 saturated carbocycles. The standard InChI is InChI=1S/C27H30F5N3OS/c1-16-9-20-19-5-2-3-6-23(19)37-26(20)25(35(16)14-27(31,32)15-36)24-21(29)10-17(11-22(24)30)33-18-12-34(13-18)8-4-7-28/h2-3,5-6,10-11,16,18,25,33,36H,4,7-9,12-15H2,1H3/t16-,25-/m1/s1. The van der Waals surface area contributed by atoms with Crippen LogP contribution in [0.2, 0.25) is 0 Å². The highest BCUT2D eigenvalue weighted by Gasteiger charge is 2.43.